The van der Waals surface area contributed by atoms with E-state index in [0.717, 1.165) is 22.2 Å². The van der Waals surface area contributed by atoms with Gasteiger partial charge in [-0.2, -0.15) is 0 Å². The summed E-state index contributed by atoms with van der Waals surface area (Å²) in [5.74, 6) is 0.458. The summed E-state index contributed by atoms with van der Waals surface area (Å²) in [7, 11) is 1.62. The number of hydrogen-bond donors (Lipinski definition) is 2. The number of rotatable bonds is 6. The lowest BCUT2D eigenvalue weighted by Gasteiger charge is -2.40. The number of halogens is 2. The van der Waals surface area contributed by atoms with E-state index < -0.39 is 0 Å². The molecule has 2 atom stereocenters. The molecule has 6 nitrogen and oxygen atoms in total. The van der Waals surface area contributed by atoms with Gasteiger partial charge in [0.2, 0.25) is 0 Å². The van der Waals surface area contributed by atoms with Crippen LogP contribution in [-0.2, 0) is 6.42 Å². The standard InChI is InChI=1S/C29H27Cl2N3O3/c1-37-25-7-8-26-19(14-25)15-27(33-26)28(35)32-23-9-10-34(24(17-23)11-18-5-3-2-4-6-18)29(36)20-12-21(30)16-22(31)13-20/h2-8,12-16,23-24,33H,9-11,17H2,1H3,(H,32,35)/t23-,24+/m0/s1. The van der Waals surface area contributed by atoms with E-state index >= 15 is 0 Å². The third-order valence-corrected chi connectivity index (χ3v) is 7.24. The van der Waals surface area contributed by atoms with Gasteiger partial charge in [0.15, 0.2) is 0 Å². The van der Waals surface area contributed by atoms with Crippen LogP contribution < -0.4 is 10.1 Å². The van der Waals surface area contributed by atoms with Crippen molar-refractivity contribution in [2.75, 3.05) is 13.7 Å². The SMILES string of the molecule is COc1ccc2[nH]c(C(=O)N[C@H]3CCN(C(=O)c4cc(Cl)cc(Cl)c4)[C@H](Cc4ccccc4)C3)cc2c1. The molecule has 8 heteroatoms. The van der Waals surface area contributed by atoms with Crippen LogP contribution in [0, 0.1) is 0 Å². The molecule has 5 rings (SSSR count). The largest absolute Gasteiger partial charge is 0.497 e. The van der Waals surface area contributed by atoms with E-state index in [9.17, 15) is 9.59 Å². The number of aromatic amines is 1. The molecule has 4 aromatic rings. The number of piperidine rings is 1. The van der Waals surface area contributed by atoms with Crippen LogP contribution in [0.3, 0.4) is 0 Å². The first-order valence-electron chi connectivity index (χ1n) is 12.2. The lowest BCUT2D eigenvalue weighted by Crippen LogP contribution is -2.52. The van der Waals surface area contributed by atoms with Gasteiger partial charge in [0, 0.05) is 45.1 Å². The number of methoxy groups -OCH3 is 1. The number of fused-ring (bicyclic) bond motifs is 1. The van der Waals surface area contributed by atoms with Crippen LogP contribution in [-0.4, -0.2) is 47.4 Å². The fourth-order valence-electron chi connectivity index (χ4n) is 5.00. The summed E-state index contributed by atoms with van der Waals surface area (Å²) in [4.78, 5) is 31.7. The van der Waals surface area contributed by atoms with E-state index in [1.807, 2.05) is 47.4 Å². The van der Waals surface area contributed by atoms with E-state index in [2.05, 4.69) is 22.4 Å². The van der Waals surface area contributed by atoms with Crippen molar-refractivity contribution in [2.24, 2.45) is 0 Å². The Kier molecular flexibility index (Phi) is 7.40. The molecule has 1 saturated heterocycles. The number of benzene rings is 3. The zero-order valence-electron chi connectivity index (χ0n) is 20.3. The van der Waals surface area contributed by atoms with E-state index in [1.54, 1.807) is 25.3 Å². The molecule has 1 fully saturated rings. The Morgan fingerprint density at radius 2 is 1.78 bits per heavy atom. The van der Waals surface area contributed by atoms with Gasteiger partial charge < -0.3 is 19.9 Å². The number of aromatic nitrogens is 1. The first-order valence-corrected chi connectivity index (χ1v) is 12.9. The maximum absolute atomic E-state index is 13.5. The number of carbonyl (C=O) groups excluding carboxylic acids is 2. The van der Waals surface area contributed by atoms with Gasteiger partial charge in [0.1, 0.15) is 11.4 Å². The minimum Gasteiger partial charge on any atom is -0.497 e. The average Bonchev–Trinajstić information content (AvgIpc) is 3.32. The molecule has 2 heterocycles. The molecule has 37 heavy (non-hydrogen) atoms. The fraction of sp³-hybridized carbons (Fsp3) is 0.241. The molecule has 2 N–H and O–H groups in total. The van der Waals surface area contributed by atoms with Crippen LogP contribution in [0.15, 0.2) is 72.8 Å². The third kappa shape index (κ3) is 5.76. The van der Waals surface area contributed by atoms with Crippen molar-refractivity contribution in [2.45, 2.75) is 31.3 Å². The lowest BCUT2D eigenvalue weighted by molar-refractivity contribution is 0.0570. The highest BCUT2D eigenvalue weighted by atomic mass is 35.5. The highest BCUT2D eigenvalue weighted by Gasteiger charge is 2.33. The maximum Gasteiger partial charge on any atom is 0.267 e. The second-order valence-corrected chi connectivity index (χ2v) is 10.2. The minimum absolute atomic E-state index is 0.0749. The van der Waals surface area contributed by atoms with Crippen molar-refractivity contribution in [1.82, 2.24) is 15.2 Å². The van der Waals surface area contributed by atoms with Crippen molar-refractivity contribution in [3.8, 4) is 5.75 Å². The molecule has 0 radical (unpaired) electrons. The number of nitrogens with one attached hydrogen (secondary N) is 2. The number of ether oxygens (including phenoxy) is 1. The van der Waals surface area contributed by atoms with Crippen molar-refractivity contribution >= 4 is 45.9 Å². The predicted molar refractivity (Wildman–Crippen MR) is 147 cm³/mol. The Morgan fingerprint density at radius 3 is 2.51 bits per heavy atom. The van der Waals surface area contributed by atoms with Gasteiger partial charge in [-0.3, -0.25) is 9.59 Å². The average molecular weight is 536 g/mol. The predicted octanol–water partition coefficient (Wildman–Crippen LogP) is 6.13. The summed E-state index contributed by atoms with van der Waals surface area (Å²) in [5.41, 5.74) is 2.96. The molecule has 0 spiro atoms. The molecule has 0 aliphatic carbocycles. The van der Waals surface area contributed by atoms with Gasteiger partial charge >= 0.3 is 0 Å². The Labute approximate surface area is 225 Å². The molecular formula is C29H27Cl2N3O3. The van der Waals surface area contributed by atoms with Gasteiger partial charge in [0.05, 0.1) is 7.11 Å². The summed E-state index contributed by atoms with van der Waals surface area (Å²) in [6.07, 6.45) is 1.96. The monoisotopic (exact) mass is 535 g/mol. The Bertz CT molecular complexity index is 1420. The summed E-state index contributed by atoms with van der Waals surface area (Å²) in [6.45, 7) is 0.509. The molecular weight excluding hydrogens is 509 g/mol. The molecule has 1 aliphatic rings. The number of hydrogen-bond acceptors (Lipinski definition) is 3. The van der Waals surface area contributed by atoms with Gasteiger partial charge in [-0.1, -0.05) is 53.5 Å². The lowest BCUT2D eigenvalue weighted by atomic mass is 9.91. The Hall–Kier alpha value is -3.48. The van der Waals surface area contributed by atoms with Gasteiger partial charge in [-0.05, 0) is 67.3 Å². The second-order valence-electron chi connectivity index (χ2n) is 9.33. The summed E-state index contributed by atoms with van der Waals surface area (Å²) in [5, 5.41) is 4.93. The number of likely N-dealkylation sites (tertiary alicyclic amines) is 1. The first-order chi connectivity index (χ1) is 17.9. The zero-order valence-corrected chi connectivity index (χ0v) is 21.9. The molecule has 2 amide bonds. The number of nitrogens with zero attached hydrogens (tertiary/aromatic N) is 1. The topological polar surface area (TPSA) is 74.4 Å². The normalized spacial score (nSPS) is 17.5. The minimum atomic E-state index is -0.167. The highest BCUT2D eigenvalue weighted by molar-refractivity contribution is 6.35. The summed E-state index contributed by atoms with van der Waals surface area (Å²) < 4.78 is 5.29. The molecule has 190 valence electrons. The number of carbonyl (C=O) groups is 2. The van der Waals surface area contributed by atoms with Crippen molar-refractivity contribution in [3.05, 3.63) is 99.7 Å². The molecule has 3 aromatic carbocycles. The quantitative estimate of drug-likeness (QED) is 0.312. The van der Waals surface area contributed by atoms with Gasteiger partial charge in [-0.15, -0.1) is 0 Å². The van der Waals surface area contributed by atoms with E-state index in [-0.39, 0.29) is 23.9 Å². The molecule has 0 unspecified atom stereocenters. The van der Waals surface area contributed by atoms with E-state index in [1.165, 1.54) is 0 Å². The van der Waals surface area contributed by atoms with Crippen LogP contribution in [0.2, 0.25) is 10.0 Å². The zero-order chi connectivity index (χ0) is 25.9. The van der Waals surface area contributed by atoms with Crippen LogP contribution in [0.4, 0.5) is 0 Å². The van der Waals surface area contributed by atoms with Gasteiger partial charge in [-0.25, -0.2) is 0 Å². The summed E-state index contributed by atoms with van der Waals surface area (Å²) >= 11 is 12.3. The number of H-pyrrole nitrogens is 1. The van der Waals surface area contributed by atoms with E-state index in [4.69, 9.17) is 27.9 Å². The van der Waals surface area contributed by atoms with Crippen molar-refractivity contribution in [3.63, 3.8) is 0 Å². The maximum atomic E-state index is 13.5. The third-order valence-electron chi connectivity index (χ3n) is 6.81. The molecule has 0 saturated carbocycles. The Balaban J connectivity index is 1.34. The number of amides is 2. The van der Waals surface area contributed by atoms with Crippen LogP contribution in [0.25, 0.3) is 10.9 Å². The second kappa shape index (κ2) is 10.9. The van der Waals surface area contributed by atoms with Crippen molar-refractivity contribution < 1.29 is 14.3 Å². The Morgan fingerprint density at radius 1 is 1.03 bits per heavy atom. The first kappa shape index (κ1) is 25.2. The molecule has 0 bridgehead atoms. The highest BCUT2D eigenvalue weighted by Crippen LogP contribution is 2.27. The van der Waals surface area contributed by atoms with Crippen LogP contribution in [0.1, 0.15) is 39.3 Å². The van der Waals surface area contributed by atoms with Crippen molar-refractivity contribution in [1.29, 1.82) is 0 Å². The summed E-state index contributed by atoms with van der Waals surface area (Å²) in [6, 6.07) is 22.3. The smallest absolute Gasteiger partial charge is 0.267 e. The molecule has 1 aromatic heterocycles. The fourth-order valence-corrected chi connectivity index (χ4v) is 5.52. The van der Waals surface area contributed by atoms with Gasteiger partial charge in [0.25, 0.3) is 11.8 Å². The van der Waals surface area contributed by atoms with Crippen LogP contribution >= 0.6 is 23.2 Å². The van der Waals surface area contributed by atoms with E-state index in [0.29, 0.717) is 47.1 Å². The molecule has 1 aliphatic heterocycles. The van der Waals surface area contributed by atoms with Crippen LogP contribution in [0.5, 0.6) is 5.75 Å².